The summed E-state index contributed by atoms with van der Waals surface area (Å²) in [7, 11) is 3.78. The van der Waals surface area contributed by atoms with Crippen molar-refractivity contribution >= 4 is 46.3 Å². The fourth-order valence-electron chi connectivity index (χ4n) is 4.57. The van der Waals surface area contributed by atoms with Crippen LogP contribution in [0.3, 0.4) is 0 Å². The maximum Gasteiger partial charge on any atom is 0.276 e. The monoisotopic (exact) mass is 525 g/mol. The lowest BCUT2D eigenvalue weighted by Crippen LogP contribution is -2.43. The Labute approximate surface area is 220 Å². The van der Waals surface area contributed by atoms with E-state index in [0.29, 0.717) is 40.6 Å². The lowest BCUT2D eigenvalue weighted by Gasteiger charge is -2.30. The van der Waals surface area contributed by atoms with Gasteiger partial charge in [0.15, 0.2) is 11.3 Å². The highest BCUT2D eigenvalue weighted by Gasteiger charge is 2.26. The Morgan fingerprint density at radius 2 is 1.73 bits per heavy atom. The van der Waals surface area contributed by atoms with Crippen molar-refractivity contribution in [3.63, 3.8) is 0 Å². The highest BCUT2D eigenvalue weighted by atomic mass is 35.5. The zero-order valence-corrected chi connectivity index (χ0v) is 21.8. The molecule has 0 atom stereocenters. The standard InChI is InChI=1S/C25H32ClN9O2/c1-34(2)14-23(36)31-17-7-5-16(6-8-17)30-22-12-19(29-15-3-4-15)24-28-13-20(35(24)33-22)25(37)32-18-9-10-27-21(26)11-18/h9-13,15-17,29H,3-8,14H2,1-2H3,(H,30,33)(H,31,36)(H,27,32,37)/t16-,17-. The number of aromatic nitrogens is 4. The fourth-order valence-corrected chi connectivity index (χ4v) is 4.75. The topological polar surface area (TPSA) is 129 Å². The van der Waals surface area contributed by atoms with E-state index in [0.717, 1.165) is 44.2 Å². The molecule has 0 aromatic carbocycles. The molecule has 0 unspecified atom stereocenters. The Kier molecular flexibility index (Phi) is 7.43. The third-order valence-electron chi connectivity index (χ3n) is 6.53. The summed E-state index contributed by atoms with van der Waals surface area (Å²) < 4.78 is 1.58. The highest BCUT2D eigenvalue weighted by Crippen LogP contribution is 2.30. The molecular weight excluding hydrogens is 494 g/mol. The van der Waals surface area contributed by atoms with Crippen molar-refractivity contribution in [2.45, 2.75) is 56.7 Å². The van der Waals surface area contributed by atoms with Crippen molar-refractivity contribution in [1.29, 1.82) is 0 Å². The summed E-state index contributed by atoms with van der Waals surface area (Å²) in [5.74, 6) is 0.393. The smallest absolute Gasteiger partial charge is 0.276 e. The lowest BCUT2D eigenvalue weighted by molar-refractivity contribution is -0.122. The van der Waals surface area contributed by atoms with Gasteiger partial charge in [-0.25, -0.2) is 14.5 Å². The molecule has 3 heterocycles. The number of halogens is 1. The Morgan fingerprint density at radius 3 is 2.43 bits per heavy atom. The number of pyridine rings is 1. The summed E-state index contributed by atoms with van der Waals surface area (Å²) in [6.45, 7) is 0.397. The summed E-state index contributed by atoms with van der Waals surface area (Å²) in [6, 6.07) is 6.05. The van der Waals surface area contributed by atoms with Crippen LogP contribution in [0.2, 0.25) is 5.15 Å². The molecular formula is C25H32ClN9O2. The second-order valence-corrected chi connectivity index (χ2v) is 10.4. The zero-order valence-electron chi connectivity index (χ0n) is 21.0. The molecule has 3 aromatic rings. The van der Waals surface area contributed by atoms with Crippen LogP contribution in [0.5, 0.6) is 0 Å². The molecule has 196 valence electrons. The quantitative estimate of drug-likeness (QED) is 0.314. The van der Waals surface area contributed by atoms with Crippen LogP contribution in [0.1, 0.15) is 49.0 Å². The van der Waals surface area contributed by atoms with Gasteiger partial charge in [-0.15, -0.1) is 5.10 Å². The largest absolute Gasteiger partial charge is 0.379 e. The first kappa shape index (κ1) is 25.2. The minimum Gasteiger partial charge on any atom is -0.379 e. The van der Waals surface area contributed by atoms with Gasteiger partial charge in [0.05, 0.1) is 18.4 Å². The summed E-state index contributed by atoms with van der Waals surface area (Å²) in [5, 5.41) is 18.1. The molecule has 2 aliphatic rings. The van der Waals surface area contributed by atoms with Crippen LogP contribution >= 0.6 is 11.6 Å². The van der Waals surface area contributed by atoms with Gasteiger partial charge in [-0.3, -0.25) is 9.59 Å². The number of anilines is 3. The number of likely N-dealkylation sites (N-methyl/N-ethyl adjacent to an activating group) is 1. The minimum atomic E-state index is -0.342. The number of carbonyl (C=O) groups excluding carboxylic acids is 2. The maximum absolute atomic E-state index is 13.1. The summed E-state index contributed by atoms with van der Waals surface area (Å²) in [6.07, 6.45) is 8.92. The molecule has 2 aliphatic carbocycles. The van der Waals surface area contributed by atoms with Crippen molar-refractivity contribution in [3.8, 4) is 0 Å². The van der Waals surface area contributed by atoms with E-state index >= 15 is 0 Å². The molecule has 2 fully saturated rings. The van der Waals surface area contributed by atoms with E-state index in [2.05, 4.69) is 31.2 Å². The molecule has 2 amide bonds. The number of imidazole rings is 1. The molecule has 2 saturated carbocycles. The second-order valence-electron chi connectivity index (χ2n) is 10.1. The average Bonchev–Trinajstić information content (AvgIpc) is 3.55. The van der Waals surface area contributed by atoms with Gasteiger partial charge in [0, 0.05) is 36.1 Å². The van der Waals surface area contributed by atoms with Gasteiger partial charge in [-0.05, 0) is 64.8 Å². The van der Waals surface area contributed by atoms with Gasteiger partial charge in [0.25, 0.3) is 5.91 Å². The third-order valence-corrected chi connectivity index (χ3v) is 6.73. The van der Waals surface area contributed by atoms with Crippen LogP contribution in [0, 0.1) is 0 Å². The van der Waals surface area contributed by atoms with Crippen LogP contribution in [-0.4, -0.2) is 75.1 Å². The van der Waals surface area contributed by atoms with Crippen LogP contribution in [0.25, 0.3) is 5.65 Å². The molecule has 0 aliphatic heterocycles. The molecule has 0 bridgehead atoms. The van der Waals surface area contributed by atoms with Gasteiger partial charge in [0.1, 0.15) is 11.0 Å². The summed E-state index contributed by atoms with van der Waals surface area (Å²) in [4.78, 5) is 35.5. The number of amides is 2. The number of carbonyl (C=O) groups is 2. The highest BCUT2D eigenvalue weighted by molar-refractivity contribution is 6.29. The van der Waals surface area contributed by atoms with E-state index < -0.39 is 0 Å². The van der Waals surface area contributed by atoms with Crippen molar-refractivity contribution in [1.82, 2.24) is 29.8 Å². The Morgan fingerprint density at radius 1 is 1.03 bits per heavy atom. The normalized spacial score (nSPS) is 19.6. The van der Waals surface area contributed by atoms with Crippen molar-refractivity contribution in [2.24, 2.45) is 0 Å². The Balaban J connectivity index is 1.31. The number of rotatable bonds is 9. The number of hydrogen-bond donors (Lipinski definition) is 4. The Hall–Kier alpha value is -3.44. The number of fused-ring (bicyclic) bond motifs is 1. The predicted molar refractivity (Wildman–Crippen MR) is 143 cm³/mol. The van der Waals surface area contributed by atoms with Crippen molar-refractivity contribution < 1.29 is 9.59 Å². The lowest BCUT2D eigenvalue weighted by atomic mass is 9.91. The minimum absolute atomic E-state index is 0.0595. The van der Waals surface area contributed by atoms with E-state index in [1.54, 1.807) is 16.6 Å². The first-order valence-corrected chi connectivity index (χ1v) is 13.0. The molecule has 0 saturated heterocycles. The van der Waals surface area contributed by atoms with E-state index in [4.69, 9.17) is 16.7 Å². The fraction of sp³-hybridized carbons (Fsp3) is 0.480. The number of nitrogens with one attached hydrogen (secondary N) is 4. The number of nitrogens with zero attached hydrogens (tertiary/aromatic N) is 5. The molecule has 5 rings (SSSR count). The van der Waals surface area contributed by atoms with E-state index in [-0.39, 0.29) is 23.9 Å². The van der Waals surface area contributed by atoms with E-state index in [1.807, 2.05) is 25.1 Å². The van der Waals surface area contributed by atoms with Crippen LogP contribution in [0.15, 0.2) is 30.6 Å². The summed E-state index contributed by atoms with van der Waals surface area (Å²) in [5.41, 5.74) is 2.30. The molecule has 11 nitrogen and oxygen atoms in total. The van der Waals surface area contributed by atoms with Crippen LogP contribution in [-0.2, 0) is 4.79 Å². The zero-order chi connectivity index (χ0) is 25.9. The first-order valence-electron chi connectivity index (χ1n) is 12.6. The van der Waals surface area contributed by atoms with Crippen LogP contribution < -0.4 is 21.3 Å². The molecule has 3 aromatic heterocycles. The van der Waals surface area contributed by atoms with Crippen molar-refractivity contribution in [3.05, 3.63) is 41.4 Å². The molecule has 0 radical (unpaired) electrons. The van der Waals surface area contributed by atoms with Gasteiger partial charge in [-0.1, -0.05) is 11.6 Å². The molecule has 0 spiro atoms. The molecule has 4 N–H and O–H groups in total. The number of hydrogen-bond acceptors (Lipinski definition) is 8. The van der Waals surface area contributed by atoms with Gasteiger partial charge >= 0.3 is 0 Å². The molecule has 12 heteroatoms. The first-order chi connectivity index (χ1) is 17.8. The average molecular weight is 526 g/mol. The van der Waals surface area contributed by atoms with Gasteiger partial charge in [-0.2, -0.15) is 0 Å². The molecule has 37 heavy (non-hydrogen) atoms. The van der Waals surface area contributed by atoms with Gasteiger partial charge < -0.3 is 26.2 Å². The predicted octanol–water partition coefficient (Wildman–Crippen LogP) is 3.01. The summed E-state index contributed by atoms with van der Waals surface area (Å²) >= 11 is 5.96. The third kappa shape index (κ3) is 6.47. The SMILES string of the molecule is CN(C)CC(=O)N[C@H]1CC[C@H](Nc2cc(NC3CC3)c3ncc(C(=O)Nc4ccnc(Cl)c4)n3n2)CC1. The van der Waals surface area contributed by atoms with Gasteiger partial charge in [0.2, 0.25) is 5.91 Å². The van der Waals surface area contributed by atoms with E-state index in [9.17, 15) is 9.59 Å². The van der Waals surface area contributed by atoms with Crippen molar-refractivity contribution in [2.75, 3.05) is 36.6 Å². The maximum atomic E-state index is 13.1. The Bertz CT molecular complexity index is 1280. The second kappa shape index (κ2) is 10.9. The van der Waals surface area contributed by atoms with E-state index in [1.165, 1.54) is 12.4 Å². The van der Waals surface area contributed by atoms with Crippen LogP contribution in [0.4, 0.5) is 17.2 Å².